The molecule has 1 saturated heterocycles. The van der Waals surface area contributed by atoms with E-state index in [1.54, 1.807) is 17.0 Å². The van der Waals surface area contributed by atoms with Crippen molar-refractivity contribution in [2.45, 2.75) is 29.8 Å². The Labute approximate surface area is 132 Å². The van der Waals surface area contributed by atoms with Gasteiger partial charge in [0.15, 0.2) is 5.60 Å². The second-order valence-electron chi connectivity index (χ2n) is 5.27. The zero-order valence-corrected chi connectivity index (χ0v) is 12.8. The monoisotopic (exact) mass is 327 g/mol. The van der Waals surface area contributed by atoms with Crippen molar-refractivity contribution in [3.63, 3.8) is 0 Å². The summed E-state index contributed by atoms with van der Waals surface area (Å²) < 4.78 is 12.8. The topological polar surface area (TPSA) is 77.8 Å². The highest BCUT2D eigenvalue weighted by Gasteiger charge is 2.40. The van der Waals surface area contributed by atoms with Gasteiger partial charge in [0.25, 0.3) is 0 Å². The number of piperidine rings is 1. The van der Waals surface area contributed by atoms with E-state index in [4.69, 9.17) is 5.11 Å². The van der Waals surface area contributed by atoms with Crippen LogP contribution >= 0.6 is 11.8 Å². The van der Waals surface area contributed by atoms with E-state index in [9.17, 15) is 19.1 Å². The maximum atomic E-state index is 12.8. The predicted octanol–water partition coefficient (Wildman–Crippen LogP) is 1.75. The average molecular weight is 327 g/mol. The molecule has 1 aromatic rings. The average Bonchev–Trinajstić information content (AvgIpc) is 2.49. The molecule has 0 saturated carbocycles. The minimum absolute atomic E-state index is 0.0537. The minimum Gasteiger partial charge on any atom is -0.479 e. The molecule has 1 aromatic carbocycles. The van der Waals surface area contributed by atoms with Crippen LogP contribution in [0, 0.1) is 5.82 Å². The number of benzene rings is 1. The molecule has 2 N–H and O–H groups in total. The van der Waals surface area contributed by atoms with Crippen LogP contribution in [0.1, 0.15) is 19.3 Å². The fraction of sp³-hybridized carbons (Fsp3) is 0.467. The Hall–Kier alpha value is -1.60. The van der Waals surface area contributed by atoms with Crippen LogP contribution in [-0.4, -0.2) is 51.4 Å². The summed E-state index contributed by atoms with van der Waals surface area (Å²) in [5.74, 6) is -1.00. The number of nitrogens with zero attached hydrogens (tertiary/aromatic N) is 1. The van der Waals surface area contributed by atoms with Gasteiger partial charge >= 0.3 is 5.97 Å². The molecule has 120 valence electrons. The van der Waals surface area contributed by atoms with Crippen LogP contribution in [0.4, 0.5) is 4.39 Å². The molecule has 0 spiro atoms. The number of aliphatic hydroxyl groups is 1. The molecule has 2 rings (SSSR count). The number of likely N-dealkylation sites (tertiary alicyclic amines) is 1. The minimum atomic E-state index is -1.71. The molecule has 1 aliphatic heterocycles. The summed E-state index contributed by atoms with van der Waals surface area (Å²) in [6.07, 6.45) is 0.436. The number of amides is 1. The Morgan fingerprint density at radius 2 is 1.82 bits per heavy atom. The van der Waals surface area contributed by atoms with Gasteiger partial charge in [0.05, 0.1) is 0 Å². The van der Waals surface area contributed by atoms with E-state index in [1.165, 1.54) is 23.9 Å². The van der Waals surface area contributed by atoms with Gasteiger partial charge in [-0.15, -0.1) is 11.8 Å². The quantitative estimate of drug-likeness (QED) is 0.806. The van der Waals surface area contributed by atoms with Gasteiger partial charge in [-0.05, 0) is 24.3 Å². The molecule has 0 unspecified atom stereocenters. The number of carboxylic acid groups (broad SMARTS) is 1. The normalized spacial score (nSPS) is 17.3. The number of rotatable bonds is 5. The molecule has 1 amide bonds. The molecule has 0 aromatic heterocycles. The lowest BCUT2D eigenvalue weighted by molar-refractivity contribution is -0.165. The Kier molecular flexibility index (Phi) is 5.42. The molecule has 1 fully saturated rings. The summed E-state index contributed by atoms with van der Waals surface area (Å²) in [6.45, 7) is 0.506. The first-order valence-electron chi connectivity index (χ1n) is 7.03. The lowest BCUT2D eigenvalue weighted by Crippen LogP contribution is -2.50. The number of halogens is 1. The largest absolute Gasteiger partial charge is 0.479 e. The number of carboxylic acids is 1. The maximum Gasteiger partial charge on any atom is 0.335 e. The van der Waals surface area contributed by atoms with Gasteiger partial charge in [0, 0.05) is 43.0 Å². The van der Waals surface area contributed by atoms with E-state index in [0.29, 0.717) is 12.2 Å². The van der Waals surface area contributed by atoms with Gasteiger partial charge in [0.1, 0.15) is 5.82 Å². The summed E-state index contributed by atoms with van der Waals surface area (Å²) in [5, 5.41) is 18.7. The molecule has 0 bridgehead atoms. The van der Waals surface area contributed by atoms with Crippen molar-refractivity contribution in [1.82, 2.24) is 4.90 Å². The SMILES string of the molecule is O=C(CCSc1ccc(F)cc1)N1CCC(O)(C(=O)O)CC1. The molecule has 5 nitrogen and oxygen atoms in total. The zero-order valence-electron chi connectivity index (χ0n) is 12.0. The van der Waals surface area contributed by atoms with Crippen molar-refractivity contribution in [3.05, 3.63) is 30.1 Å². The van der Waals surface area contributed by atoms with Gasteiger partial charge < -0.3 is 15.1 Å². The highest BCUT2D eigenvalue weighted by Crippen LogP contribution is 2.24. The second-order valence-corrected chi connectivity index (χ2v) is 6.44. The Balaban J connectivity index is 1.74. The summed E-state index contributed by atoms with van der Waals surface area (Å²) in [4.78, 5) is 25.5. The predicted molar refractivity (Wildman–Crippen MR) is 80.1 cm³/mol. The molecule has 7 heteroatoms. The summed E-state index contributed by atoms with van der Waals surface area (Å²) in [6, 6.07) is 6.08. The molecule has 0 radical (unpaired) electrons. The van der Waals surface area contributed by atoms with E-state index in [-0.39, 0.29) is 37.7 Å². The van der Waals surface area contributed by atoms with E-state index < -0.39 is 11.6 Å². The third-order valence-electron chi connectivity index (χ3n) is 3.74. The summed E-state index contributed by atoms with van der Waals surface area (Å²) in [5.41, 5.74) is -1.71. The van der Waals surface area contributed by atoms with Crippen molar-refractivity contribution in [1.29, 1.82) is 0 Å². The van der Waals surface area contributed by atoms with Crippen molar-refractivity contribution in [2.75, 3.05) is 18.8 Å². The zero-order chi connectivity index (χ0) is 16.2. The van der Waals surface area contributed by atoms with Crippen molar-refractivity contribution < 1.29 is 24.2 Å². The molecular weight excluding hydrogens is 309 g/mol. The highest BCUT2D eigenvalue weighted by atomic mass is 32.2. The number of thioether (sulfide) groups is 1. The lowest BCUT2D eigenvalue weighted by atomic mass is 9.91. The first-order valence-corrected chi connectivity index (χ1v) is 8.01. The first kappa shape index (κ1) is 16.8. The van der Waals surface area contributed by atoms with Crippen LogP contribution in [0.25, 0.3) is 0 Å². The van der Waals surface area contributed by atoms with E-state index in [2.05, 4.69) is 0 Å². The number of carbonyl (C=O) groups is 2. The number of hydrogen-bond donors (Lipinski definition) is 2. The molecule has 1 aliphatic rings. The molecule has 0 atom stereocenters. The standard InChI is InChI=1S/C15H18FNO4S/c16-11-1-3-12(4-2-11)22-10-5-13(18)17-8-6-15(21,7-9-17)14(19)20/h1-4,21H,5-10H2,(H,19,20). The summed E-state index contributed by atoms with van der Waals surface area (Å²) in [7, 11) is 0. The van der Waals surface area contributed by atoms with Crippen molar-refractivity contribution in [3.8, 4) is 0 Å². The lowest BCUT2D eigenvalue weighted by Gasteiger charge is -2.35. The second kappa shape index (κ2) is 7.11. The van der Waals surface area contributed by atoms with E-state index in [1.807, 2.05) is 0 Å². The number of aliphatic carboxylic acids is 1. The smallest absolute Gasteiger partial charge is 0.335 e. The van der Waals surface area contributed by atoms with Crippen LogP contribution in [0.2, 0.25) is 0 Å². The third kappa shape index (κ3) is 4.20. The maximum absolute atomic E-state index is 12.8. The fourth-order valence-electron chi connectivity index (χ4n) is 2.29. The van der Waals surface area contributed by atoms with Crippen LogP contribution in [-0.2, 0) is 9.59 Å². The van der Waals surface area contributed by atoms with Crippen LogP contribution in [0.5, 0.6) is 0 Å². The third-order valence-corrected chi connectivity index (χ3v) is 4.75. The van der Waals surface area contributed by atoms with E-state index >= 15 is 0 Å². The summed E-state index contributed by atoms with van der Waals surface area (Å²) >= 11 is 1.47. The van der Waals surface area contributed by atoms with Crippen LogP contribution in [0.15, 0.2) is 29.2 Å². The van der Waals surface area contributed by atoms with Crippen LogP contribution < -0.4 is 0 Å². The van der Waals surface area contributed by atoms with Crippen molar-refractivity contribution in [2.24, 2.45) is 0 Å². The fourth-order valence-corrected chi connectivity index (χ4v) is 3.13. The number of carbonyl (C=O) groups excluding carboxylic acids is 1. The molecule has 1 heterocycles. The van der Waals surface area contributed by atoms with E-state index in [0.717, 1.165) is 4.90 Å². The Morgan fingerprint density at radius 1 is 1.23 bits per heavy atom. The van der Waals surface area contributed by atoms with Crippen LogP contribution in [0.3, 0.4) is 0 Å². The Morgan fingerprint density at radius 3 is 2.36 bits per heavy atom. The van der Waals surface area contributed by atoms with Gasteiger partial charge in [0.2, 0.25) is 5.91 Å². The van der Waals surface area contributed by atoms with Gasteiger partial charge in [-0.3, -0.25) is 4.79 Å². The molecule has 0 aliphatic carbocycles. The Bertz CT molecular complexity index is 541. The molecular formula is C15H18FNO4S. The number of hydrogen-bond acceptors (Lipinski definition) is 4. The van der Waals surface area contributed by atoms with Gasteiger partial charge in [-0.1, -0.05) is 0 Å². The first-order chi connectivity index (χ1) is 10.4. The van der Waals surface area contributed by atoms with Crippen molar-refractivity contribution >= 4 is 23.6 Å². The highest BCUT2D eigenvalue weighted by molar-refractivity contribution is 7.99. The van der Waals surface area contributed by atoms with Gasteiger partial charge in [-0.25, -0.2) is 9.18 Å². The molecule has 22 heavy (non-hydrogen) atoms. The van der Waals surface area contributed by atoms with Gasteiger partial charge in [-0.2, -0.15) is 0 Å².